The van der Waals surface area contributed by atoms with E-state index in [1.165, 1.54) is 22.6 Å². The van der Waals surface area contributed by atoms with Crippen LogP contribution >= 0.6 is 0 Å². The Morgan fingerprint density at radius 2 is 2.05 bits per heavy atom. The van der Waals surface area contributed by atoms with Gasteiger partial charge in [-0.25, -0.2) is 4.68 Å². The lowest BCUT2D eigenvalue weighted by Gasteiger charge is -2.02. The third-order valence-electron chi connectivity index (χ3n) is 2.70. The maximum absolute atomic E-state index is 12.1. The molecule has 0 aliphatic rings. The fourth-order valence-corrected chi connectivity index (χ4v) is 1.70. The lowest BCUT2D eigenvalue weighted by Crippen LogP contribution is -2.22. The molecule has 0 aliphatic heterocycles. The van der Waals surface area contributed by atoms with E-state index in [2.05, 4.69) is 20.6 Å². The van der Waals surface area contributed by atoms with Crippen molar-refractivity contribution >= 4 is 23.3 Å². The van der Waals surface area contributed by atoms with Gasteiger partial charge >= 0.3 is 0 Å². The van der Waals surface area contributed by atoms with E-state index in [-0.39, 0.29) is 24.2 Å². The van der Waals surface area contributed by atoms with E-state index in [1.54, 1.807) is 13.8 Å². The van der Waals surface area contributed by atoms with Crippen molar-refractivity contribution in [3.8, 4) is 0 Å². The third-order valence-corrected chi connectivity index (χ3v) is 2.70. The predicted octanol–water partition coefficient (Wildman–Crippen LogP) is -0.0276. The maximum atomic E-state index is 12.1. The van der Waals surface area contributed by atoms with Crippen LogP contribution in [0.5, 0.6) is 0 Å². The van der Waals surface area contributed by atoms with E-state index in [1.807, 2.05) is 0 Å². The Hall–Kier alpha value is -2.71. The second-order valence-corrected chi connectivity index (χ2v) is 4.33. The smallest absolute Gasteiger partial charge is 0.270 e. The Morgan fingerprint density at radius 3 is 2.60 bits per heavy atom. The summed E-state index contributed by atoms with van der Waals surface area (Å²) in [5.41, 5.74) is 7.45. The van der Waals surface area contributed by atoms with Gasteiger partial charge in [0.25, 0.3) is 5.91 Å². The molecule has 0 aliphatic carbocycles. The number of hydrogen-bond donors (Lipinski definition) is 2. The molecule has 0 atom stereocenters. The van der Waals surface area contributed by atoms with Crippen LogP contribution in [0.15, 0.2) is 6.20 Å². The summed E-state index contributed by atoms with van der Waals surface area (Å²) < 4.78 is 1.23. The van der Waals surface area contributed by atoms with E-state index in [9.17, 15) is 9.59 Å². The molecule has 2 rings (SSSR count). The van der Waals surface area contributed by atoms with Crippen LogP contribution < -0.4 is 11.1 Å². The first-order valence-corrected chi connectivity index (χ1v) is 5.91. The Kier molecular flexibility index (Phi) is 3.51. The van der Waals surface area contributed by atoms with Crippen molar-refractivity contribution in [2.45, 2.75) is 27.3 Å². The number of nitrogens with two attached hydrogens (primary N) is 1. The number of carbonyl (C=O) groups excluding carboxylic acids is 2. The van der Waals surface area contributed by atoms with Gasteiger partial charge in [-0.2, -0.15) is 15.0 Å². The van der Waals surface area contributed by atoms with E-state index in [4.69, 9.17) is 5.73 Å². The highest BCUT2D eigenvalue weighted by atomic mass is 16.2. The topological polar surface area (TPSA) is 121 Å². The van der Waals surface area contributed by atoms with Crippen molar-refractivity contribution in [1.29, 1.82) is 0 Å². The molecule has 0 bridgehead atoms. The number of hydrogen-bond acceptors (Lipinski definition) is 6. The molecule has 2 aromatic heterocycles. The fraction of sp³-hybridized carbons (Fsp3) is 0.364. The lowest BCUT2D eigenvalue weighted by molar-refractivity contribution is -0.114. The highest BCUT2D eigenvalue weighted by Gasteiger charge is 2.16. The lowest BCUT2D eigenvalue weighted by atomic mass is 10.3. The minimum atomic E-state index is -0.313. The molecule has 20 heavy (non-hydrogen) atoms. The van der Waals surface area contributed by atoms with E-state index in [0.29, 0.717) is 17.1 Å². The van der Waals surface area contributed by atoms with Gasteiger partial charge in [0.05, 0.1) is 23.3 Å². The second kappa shape index (κ2) is 5.11. The van der Waals surface area contributed by atoms with Crippen molar-refractivity contribution in [3.63, 3.8) is 0 Å². The average Bonchev–Trinajstić information content (AvgIpc) is 2.89. The zero-order valence-corrected chi connectivity index (χ0v) is 11.4. The monoisotopic (exact) mass is 277 g/mol. The van der Waals surface area contributed by atoms with Crippen molar-refractivity contribution in [2.24, 2.45) is 0 Å². The van der Waals surface area contributed by atoms with Crippen LogP contribution in [0.25, 0.3) is 0 Å². The summed E-state index contributed by atoms with van der Waals surface area (Å²) in [7, 11) is 0. The number of amides is 1. The Balaban J connectivity index is 2.13. The first kappa shape index (κ1) is 13.7. The third kappa shape index (κ3) is 2.66. The van der Waals surface area contributed by atoms with Gasteiger partial charge in [0.1, 0.15) is 6.54 Å². The van der Waals surface area contributed by atoms with Crippen molar-refractivity contribution < 1.29 is 9.59 Å². The van der Waals surface area contributed by atoms with Crippen molar-refractivity contribution in [3.05, 3.63) is 17.6 Å². The molecule has 3 N–H and O–H groups in total. The van der Waals surface area contributed by atoms with Gasteiger partial charge in [-0.15, -0.1) is 5.10 Å². The molecule has 106 valence electrons. The van der Waals surface area contributed by atoms with E-state index < -0.39 is 0 Å². The molecule has 2 heterocycles. The molecular weight excluding hydrogens is 262 g/mol. The normalized spacial score (nSPS) is 10.6. The molecule has 9 nitrogen and oxygen atoms in total. The molecule has 2 aromatic rings. The van der Waals surface area contributed by atoms with Crippen LogP contribution in [0.4, 0.5) is 11.5 Å². The van der Waals surface area contributed by atoms with Crippen molar-refractivity contribution in [2.75, 3.05) is 11.1 Å². The van der Waals surface area contributed by atoms with Gasteiger partial charge in [-0.05, 0) is 13.8 Å². The first-order chi connectivity index (χ1) is 9.38. The van der Waals surface area contributed by atoms with Crippen LogP contribution in [0.2, 0.25) is 0 Å². The summed E-state index contributed by atoms with van der Waals surface area (Å²) in [5, 5.41) is 14.4. The molecule has 9 heteroatoms. The minimum absolute atomic E-state index is 0.0962. The van der Waals surface area contributed by atoms with Crippen LogP contribution in [0, 0.1) is 13.8 Å². The van der Waals surface area contributed by atoms with Gasteiger partial charge in [-0.1, -0.05) is 0 Å². The largest absolute Gasteiger partial charge is 0.396 e. The van der Waals surface area contributed by atoms with Crippen molar-refractivity contribution in [1.82, 2.24) is 24.8 Å². The molecule has 0 saturated carbocycles. The standard InChI is InChI=1S/C11H15N7O2/c1-6-11(12)7(2)18(15-6)10(20)5-17-13-4-9(16-17)14-8(3)19/h4H,5,12H2,1-3H3,(H,14,16,19). The first-order valence-electron chi connectivity index (χ1n) is 5.91. The fourth-order valence-electron chi connectivity index (χ4n) is 1.70. The number of aryl methyl sites for hydroxylation is 1. The van der Waals surface area contributed by atoms with Gasteiger partial charge < -0.3 is 11.1 Å². The van der Waals surface area contributed by atoms with Crippen LogP contribution in [-0.2, 0) is 11.3 Å². The quantitative estimate of drug-likeness (QED) is 0.812. The van der Waals surface area contributed by atoms with Crippen LogP contribution in [-0.4, -0.2) is 36.6 Å². The molecule has 0 aromatic carbocycles. The highest BCUT2D eigenvalue weighted by molar-refractivity contribution is 5.87. The predicted molar refractivity (Wildman–Crippen MR) is 71.1 cm³/mol. The van der Waals surface area contributed by atoms with Gasteiger partial charge in [0.15, 0.2) is 5.82 Å². The number of aromatic nitrogens is 5. The summed E-state index contributed by atoms with van der Waals surface area (Å²) in [6.45, 7) is 4.71. The second-order valence-electron chi connectivity index (χ2n) is 4.33. The average molecular weight is 277 g/mol. The maximum Gasteiger partial charge on any atom is 0.270 e. The Bertz CT molecular complexity index is 670. The number of anilines is 2. The highest BCUT2D eigenvalue weighted by Crippen LogP contribution is 2.14. The molecule has 0 unspecified atom stereocenters. The van der Waals surface area contributed by atoms with Gasteiger partial charge in [0, 0.05) is 6.92 Å². The van der Waals surface area contributed by atoms with Crippen LogP contribution in [0.3, 0.4) is 0 Å². The van der Waals surface area contributed by atoms with Gasteiger partial charge in [-0.3, -0.25) is 9.59 Å². The number of rotatable bonds is 3. The summed E-state index contributed by atoms with van der Waals surface area (Å²) in [6, 6.07) is 0. The minimum Gasteiger partial charge on any atom is -0.396 e. The van der Waals surface area contributed by atoms with E-state index >= 15 is 0 Å². The molecule has 1 amide bonds. The summed E-state index contributed by atoms with van der Waals surface area (Å²) in [6.07, 6.45) is 1.37. The van der Waals surface area contributed by atoms with E-state index in [0.717, 1.165) is 0 Å². The summed E-state index contributed by atoms with van der Waals surface area (Å²) in [5.74, 6) is -0.278. The zero-order chi connectivity index (χ0) is 14.9. The number of nitrogens with zero attached hydrogens (tertiary/aromatic N) is 5. The SMILES string of the molecule is CC(=O)Nc1cnn(CC(=O)n2nc(C)c(N)c2C)n1. The molecular formula is C11H15N7O2. The number of nitrogen functional groups attached to an aromatic ring is 1. The molecule has 0 spiro atoms. The summed E-state index contributed by atoms with van der Waals surface area (Å²) in [4.78, 5) is 24.1. The Labute approximate surface area is 114 Å². The molecule has 0 saturated heterocycles. The number of carbonyl (C=O) groups is 2. The molecule has 0 fully saturated rings. The van der Waals surface area contributed by atoms with Crippen LogP contribution in [0.1, 0.15) is 23.1 Å². The number of nitrogens with one attached hydrogen (secondary N) is 1. The zero-order valence-electron chi connectivity index (χ0n) is 11.4. The Morgan fingerprint density at radius 1 is 1.35 bits per heavy atom. The molecule has 0 radical (unpaired) electrons. The summed E-state index contributed by atoms with van der Waals surface area (Å²) >= 11 is 0. The van der Waals surface area contributed by atoms with Gasteiger partial charge in [0.2, 0.25) is 5.91 Å².